The van der Waals surface area contributed by atoms with Crippen LogP contribution in [0.2, 0.25) is 0 Å². The van der Waals surface area contributed by atoms with Crippen molar-refractivity contribution < 1.29 is 18.7 Å². The van der Waals surface area contributed by atoms with Crippen LogP contribution in [0.1, 0.15) is 35.2 Å². The van der Waals surface area contributed by atoms with Gasteiger partial charge in [-0.15, -0.1) is 0 Å². The standard InChI is InChI=1S/C17H22FNO3/c1-21-13-9-11-8-12(7-10-3-5-19-6-4-10)16(20)14(11)15(18)17(13)22-2/h9-10,12,19H,3-8H2,1-2H3. The highest BCUT2D eigenvalue weighted by molar-refractivity contribution is 6.03. The van der Waals surface area contributed by atoms with Gasteiger partial charge in [0, 0.05) is 5.92 Å². The number of piperidine rings is 1. The van der Waals surface area contributed by atoms with Gasteiger partial charge in [-0.2, -0.15) is 0 Å². The van der Waals surface area contributed by atoms with Gasteiger partial charge in [0.2, 0.25) is 0 Å². The van der Waals surface area contributed by atoms with Gasteiger partial charge in [-0.3, -0.25) is 4.79 Å². The number of ether oxygens (including phenoxy) is 2. The first-order valence-corrected chi connectivity index (χ1v) is 7.84. The van der Waals surface area contributed by atoms with Gasteiger partial charge in [-0.1, -0.05) is 0 Å². The van der Waals surface area contributed by atoms with E-state index in [-0.39, 0.29) is 23.0 Å². The molecule has 0 spiro atoms. The van der Waals surface area contributed by atoms with E-state index in [1.54, 1.807) is 6.07 Å². The molecule has 0 aromatic heterocycles. The Kier molecular flexibility index (Phi) is 4.34. The van der Waals surface area contributed by atoms with Crippen molar-refractivity contribution >= 4 is 5.78 Å². The van der Waals surface area contributed by atoms with Crippen LogP contribution in [-0.2, 0) is 6.42 Å². The maximum atomic E-state index is 14.6. The third-order valence-electron chi connectivity index (χ3n) is 4.85. The first-order chi connectivity index (χ1) is 10.7. The van der Waals surface area contributed by atoms with Crippen molar-refractivity contribution in [1.29, 1.82) is 0 Å². The van der Waals surface area contributed by atoms with Gasteiger partial charge in [-0.05, 0) is 56.3 Å². The minimum Gasteiger partial charge on any atom is -0.493 e. The van der Waals surface area contributed by atoms with Crippen LogP contribution in [0.4, 0.5) is 4.39 Å². The summed E-state index contributed by atoms with van der Waals surface area (Å²) in [7, 11) is 2.87. The van der Waals surface area contributed by atoms with Gasteiger partial charge in [0.05, 0.1) is 19.8 Å². The van der Waals surface area contributed by atoms with Gasteiger partial charge >= 0.3 is 0 Å². The molecule has 1 aromatic carbocycles. The zero-order valence-corrected chi connectivity index (χ0v) is 13.1. The molecule has 4 nitrogen and oxygen atoms in total. The Bertz CT molecular complexity index is 582. The summed E-state index contributed by atoms with van der Waals surface area (Å²) in [5.41, 5.74) is 0.954. The Morgan fingerprint density at radius 1 is 1.27 bits per heavy atom. The molecule has 3 rings (SSSR count). The molecule has 1 fully saturated rings. The fraction of sp³-hybridized carbons (Fsp3) is 0.588. The molecule has 1 atom stereocenters. The third-order valence-corrected chi connectivity index (χ3v) is 4.85. The van der Waals surface area contributed by atoms with Crippen LogP contribution in [0.25, 0.3) is 0 Å². The van der Waals surface area contributed by atoms with E-state index in [1.165, 1.54) is 14.2 Å². The summed E-state index contributed by atoms with van der Waals surface area (Å²) < 4.78 is 24.8. The summed E-state index contributed by atoms with van der Waals surface area (Å²) in [6.07, 6.45) is 3.64. The topological polar surface area (TPSA) is 47.6 Å². The summed E-state index contributed by atoms with van der Waals surface area (Å²) in [5, 5.41) is 3.33. The van der Waals surface area contributed by atoms with E-state index in [0.717, 1.165) is 37.9 Å². The lowest BCUT2D eigenvalue weighted by Gasteiger charge is -2.24. The van der Waals surface area contributed by atoms with E-state index in [9.17, 15) is 9.18 Å². The van der Waals surface area contributed by atoms with Crippen molar-refractivity contribution in [3.63, 3.8) is 0 Å². The fourth-order valence-corrected chi connectivity index (χ4v) is 3.70. The van der Waals surface area contributed by atoms with Crippen LogP contribution >= 0.6 is 0 Å². The number of halogens is 1. The normalized spacial score (nSPS) is 21.8. The highest BCUT2D eigenvalue weighted by Gasteiger charge is 2.37. The Hall–Kier alpha value is -1.62. The number of rotatable bonds is 4. The highest BCUT2D eigenvalue weighted by atomic mass is 19.1. The maximum Gasteiger partial charge on any atom is 0.197 e. The summed E-state index contributed by atoms with van der Waals surface area (Å²) in [4.78, 5) is 12.6. The lowest BCUT2D eigenvalue weighted by molar-refractivity contribution is 0.0909. The molecular formula is C17H22FNO3. The number of carbonyl (C=O) groups is 1. The number of carbonyl (C=O) groups excluding carboxylic acids is 1. The van der Waals surface area contributed by atoms with Crippen molar-refractivity contribution in [3.05, 3.63) is 23.0 Å². The monoisotopic (exact) mass is 307 g/mol. The SMILES string of the molecule is COc1cc2c(c(F)c1OC)C(=O)C(CC1CCNCC1)C2. The molecular weight excluding hydrogens is 285 g/mol. The van der Waals surface area contributed by atoms with Crippen molar-refractivity contribution in [3.8, 4) is 11.5 Å². The van der Waals surface area contributed by atoms with Gasteiger partial charge in [0.1, 0.15) is 0 Å². The van der Waals surface area contributed by atoms with Crippen molar-refractivity contribution in [2.24, 2.45) is 11.8 Å². The second-order valence-electron chi connectivity index (χ2n) is 6.15. The molecule has 1 aliphatic carbocycles. The second kappa shape index (κ2) is 6.24. The van der Waals surface area contributed by atoms with E-state index in [1.807, 2.05) is 0 Å². The average Bonchev–Trinajstić information content (AvgIpc) is 2.84. The van der Waals surface area contributed by atoms with Gasteiger partial charge in [0.15, 0.2) is 23.1 Å². The van der Waals surface area contributed by atoms with Gasteiger partial charge in [-0.25, -0.2) is 4.39 Å². The fourth-order valence-electron chi connectivity index (χ4n) is 3.70. The Balaban J connectivity index is 1.85. The molecule has 0 bridgehead atoms. The van der Waals surface area contributed by atoms with Gasteiger partial charge in [0.25, 0.3) is 0 Å². The molecule has 1 aromatic rings. The molecule has 1 saturated heterocycles. The third kappa shape index (κ3) is 2.58. The smallest absolute Gasteiger partial charge is 0.197 e. The van der Waals surface area contributed by atoms with E-state index in [4.69, 9.17) is 9.47 Å². The van der Waals surface area contributed by atoms with Crippen molar-refractivity contribution in [2.75, 3.05) is 27.3 Å². The highest BCUT2D eigenvalue weighted by Crippen LogP contribution is 2.41. The van der Waals surface area contributed by atoms with Gasteiger partial charge < -0.3 is 14.8 Å². The molecule has 5 heteroatoms. The van der Waals surface area contributed by atoms with Crippen molar-refractivity contribution in [1.82, 2.24) is 5.32 Å². The lowest BCUT2D eigenvalue weighted by atomic mass is 9.86. The molecule has 2 aliphatic rings. The quantitative estimate of drug-likeness (QED) is 0.929. The predicted molar refractivity (Wildman–Crippen MR) is 81.2 cm³/mol. The number of hydrogen-bond acceptors (Lipinski definition) is 4. The first-order valence-electron chi connectivity index (χ1n) is 7.84. The minimum absolute atomic E-state index is 0.0251. The van der Waals surface area contributed by atoms with E-state index >= 15 is 0 Å². The zero-order chi connectivity index (χ0) is 15.7. The van der Waals surface area contributed by atoms with E-state index in [2.05, 4.69) is 5.32 Å². The first kappa shape index (κ1) is 15.3. The number of hydrogen-bond donors (Lipinski definition) is 1. The molecule has 1 N–H and O–H groups in total. The molecule has 0 amide bonds. The van der Waals surface area contributed by atoms with Crippen LogP contribution < -0.4 is 14.8 Å². The zero-order valence-electron chi connectivity index (χ0n) is 13.1. The summed E-state index contributed by atoms with van der Waals surface area (Å²) in [6.45, 7) is 2.02. The largest absolute Gasteiger partial charge is 0.493 e. The number of ketones is 1. The molecule has 120 valence electrons. The minimum atomic E-state index is -0.574. The van der Waals surface area contributed by atoms with E-state index < -0.39 is 5.82 Å². The molecule has 0 radical (unpaired) electrons. The van der Waals surface area contributed by atoms with Crippen LogP contribution in [0.15, 0.2) is 6.07 Å². The summed E-state index contributed by atoms with van der Waals surface area (Å²) >= 11 is 0. The number of nitrogens with one attached hydrogen (secondary N) is 1. The Labute approximate surface area is 130 Å². The molecule has 1 aliphatic heterocycles. The van der Waals surface area contributed by atoms with E-state index in [0.29, 0.717) is 18.1 Å². The average molecular weight is 307 g/mol. The molecule has 0 saturated carbocycles. The maximum absolute atomic E-state index is 14.6. The van der Waals surface area contributed by atoms with Crippen LogP contribution in [0.5, 0.6) is 11.5 Å². The second-order valence-corrected chi connectivity index (χ2v) is 6.15. The Morgan fingerprint density at radius 3 is 2.64 bits per heavy atom. The molecule has 1 heterocycles. The number of Topliss-reactive ketones (excluding diaryl/α,β-unsaturated/α-hetero) is 1. The number of benzene rings is 1. The lowest BCUT2D eigenvalue weighted by Crippen LogP contribution is -2.29. The predicted octanol–water partition coefficient (Wildman–Crippen LogP) is 2.59. The van der Waals surface area contributed by atoms with Crippen LogP contribution in [0, 0.1) is 17.7 Å². The van der Waals surface area contributed by atoms with Crippen LogP contribution in [-0.4, -0.2) is 33.1 Å². The summed E-state index contributed by atoms with van der Waals surface area (Å²) in [5.74, 6) is 0.175. The molecule has 22 heavy (non-hydrogen) atoms. The van der Waals surface area contributed by atoms with Crippen LogP contribution in [0.3, 0.4) is 0 Å². The number of fused-ring (bicyclic) bond motifs is 1. The Morgan fingerprint density at radius 2 is 2.00 bits per heavy atom. The molecule has 1 unspecified atom stereocenters. The number of methoxy groups -OCH3 is 2. The van der Waals surface area contributed by atoms with Crippen molar-refractivity contribution in [2.45, 2.75) is 25.7 Å². The summed E-state index contributed by atoms with van der Waals surface area (Å²) in [6, 6.07) is 1.75.